The molecule has 178 valence electrons. The van der Waals surface area contributed by atoms with Crippen LogP contribution in [0.25, 0.3) is 0 Å². The summed E-state index contributed by atoms with van der Waals surface area (Å²) >= 11 is 0. The Kier molecular flexibility index (Phi) is 6.63. The fourth-order valence-corrected chi connectivity index (χ4v) is 5.80. The molecule has 0 bridgehead atoms. The summed E-state index contributed by atoms with van der Waals surface area (Å²) in [6, 6.07) is 19.0. The molecule has 4 rings (SSSR count). The second-order valence-corrected chi connectivity index (χ2v) is 11.5. The maximum absolute atomic E-state index is 12.7. The van der Waals surface area contributed by atoms with Gasteiger partial charge < -0.3 is 4.90 Å². The van der Waals surface area contributed by atoms with E-state index in [4.69, 9.17) is 0 Å². The summed E-state index contributed by atoms with van der Waals surface area (Å²) < 4.78 is 55.1. The van der Waals surface area contributed by atoms with Crippen LogP contribution in [0, 0.1) is 6.92 Å². The van der Waals surface area contributed by atoms with Crippen molar-refractivity contribution in [2.75, 3.05) is 17.8 Å². The molecule has 0 saturated heterocycles. The van der Waals surface area contributed by atoms with Gasteiger partial charge in [0.15, 0.2) is 0 Å². The number of fused-ring (bicyclic) bond motifs is 1. The summed E-state index contributed by atoms with van der Waals surface area (Å²) in [5.41, 5.74) is 3.24. The maximum Gasteiger partial charge on any atom is 0.331 e. The van der Waals surface area contributed by atoms with Crippen molar-refractivity contribution >= 4 is 31.8 Å². The molecule has 1 aliphatic rings. The minimum Gasteiger partial charge on any atom is -0.323 e. The average Bonchev–Trinajstić information content (AvgIpc) is 3.02. The molecular weight excluding hydrogens is 474 g/mol. The van der Waals surface area contributed by atoms with Crippen LogP contribution >= 0.6 is 0 Å². The van der Waals surface area contributed by atoms with Crippen molar-refractivity contribution in [1.29, 1.82) is 0 Å². The van der Waals surface area contributed by atoms with Crippen LogP contribution in [-0.2, 0) is 32.9 Å². The second kappa shape index (κ2) is 9.47. The molecule has 1 heterocycles. The highest BCUT2D eigenvalue weighted by molar-refractivity contribution is 7.92. The van der Waals surface area contributed by atoms with Crippen LogP contribution in [0.15, 0.2) is 82.6 Å². The topological polar surface area (TPSA) is 113 Å². The lowest BCUT2D eigenvalue weighted by Gasteiger charge is -2.20. The minimum absolute atomic E-state index is 0.0277. The van der Waals surface area contributed by atoms with E-state index in [0.29, 0.717) is 31.6 Å². The number of sulfonamides is 2. The first kappa shape index (κ1) is 23.8. The molecule has 0 aromatic heterocycles. The molecule has 3 aromatic rings. The third-order valence-electron chi connectivity index (χ3n) is 5.65. The Morgan fingerprint density at radius 2 is 1.38 bits per heavy atom. The van der Waals surface area contributed by atoms with Crippen molar-refractivity contribution in [3.05, 3.63) is 89.5 Å². The first-order valence-electron chi connectivity index (χ1n) is 10.7. The Morgan fingerprint density at radius 3 is 2.06 bits per heavy atom. The number of rotatable bonds is 5. The van der Waals surface area contributed by atoms with Gasteiger partial charge in [-0.3, -0.25) is 4.72 Å². The lowest BCUT2D eigenvalue weighted by Crippen LogP contribution is -2.43. The van der Waals surface area contributed by atoms with E-state index in [1.54, 1.807) is 42.5 Å². The van der Waals surface area contributed by atoms with E-state index in [1.807, 2.05) is 13.0 Å². The van der Waals surface area contributed by atoms with Crippen molar-refractivity contribution in [2.45, 2.75) is 29.6 Å². The molecule has 8 nitrogen and oxygen atoms in total. The number of nitrogens with one attached hydrogen (secondary N) is 2. The quantitative estimate of drug-likeness (QED) is 0.559. The van der Waals surface area contributed by atoms with Gasteiger partial charge in [0, 0.05) is 18.8 Å². The van der Waals surface area contributed by atoms with Crippen LogP contribution in [0.5, 0.6) is 0 Å². The number of nitrogens with zero attached hydrogens (tertiary/aromatic N) is 1. The van der Waals surface area contributed by atoms with E-state index in [1.165, 1.54) is 29.2 Å². The van der Waals surface area contributed by atoms with Crippen molar-refractivity contribution in [3.8, 4) is 0 Å². The number of amides is 2. The van der Waals surface area contributed by atoms with Crippen molar-refractivity contribution in [2.24, 2.45) is 0 Å². The van der Waals surface area contributed by atoms with Gasteiger partial charge >= 0.3 is 6.03 Å². The first-order chi connectivity index (χ1) is 16.1. The van der Waals surface area contributed by atoms with E-state index >= 15 is 0 Å². The summed E-state index contributed by atoms with van der Waals surface area (Å²) in [6.45, 7) is 2.50. The maximum atomic E-state index is 12.7. The van der Waals surface area contributed by atoms with Gasteiger partial charge in [0.2, 0.25) is 0 Å². The van der Waals surface area contributed by atoms with E-state index in [0.717, 1.165) is 16.7 Å². The highest BCUT2D eigenvalue weighted by atomic mass is 32.2. The molecule has 0 aliphatic carbocycles. The van der Waals surface area contributed by atoms with E-state index in [-0.39, 0.29) is 9.79 Å². The number of carbonyl (C=O) groups is 1. The average molecular weight is 500 g/mol. The molecule has 0 spiro atoms. The van der Waals surface area contributed by atoms with Crippen molar-refractivity contribution in [3.63, 3.8) is 0 Å². The van der Waals surface area contributed by atoms with Gasteiger partial charge in [-0.15, -0.1) is 0 Å². The summed E-state index contributed by atoms with van der Waals surface area (Å²) in [7, 11) is -7.69. The van der Waals surface area contributed by atoms with Crippen molar-refractivity contribution < 1.29 is 21.6 Å². The molecule has 2 amide bonds. The zero-order valence-electron chi connectivity index (χ0n) is 18.6. The molecule has 3 aromatic carbocycles. The first-order valence-corrected chi connectivity index (χ1v) is 13.7. The van der Waals surface area contributed by atoms with Gasteiger partial charge in [-0.25, -0.2) is 26.4 Å². The SMILES string of the molecule is Cc1ccc(S(=O)(=O)NC(=O)N2CCc3ccc(NS(=O)(=O)c4ccccc4)cc3CC2)cc1. The number of carbonyl (C=O) groups excluding carboxylic acids is 1. The Hall–Kier alpha value is -3.37. The lowest BCUT2D eigenvalue weighted by atomic mass is 10.0. The molecular formula is C24H25N3O5S2. The predicted molar refractivity (Wildman–Crippen MR) is 130 cm³/mol. The molecule has 0 unspecified atom stereocenters. The summed E-state index contributed by atoms with van der Waals surface area (Å²) in [4.78, 5) is 14.4. The molecule has 1 aliphatic heterocycles. The fourth-order valence-electron chi connectivity index (χ4n) is 3.76. The number of aryl methyl sites for hydroxylation is 1. The Balaban J connectivity index is 1.44. The molecule has 0 atom stereocenters. The number of anilines is 1. The molecule has 10 heteroatoms. The normalized spacial score (nSPS) is 14.1. The monoisotopic (exact) mass is 499 g/mol. The summed E-state index contributed by atoms with van der Waals surface area (Å²) in [5, 5.41) is 0. The Morgan fingerprint density at radius 1 is 0.765 bits per heavy atom. The zero-order valence-corrected chi connectivity index (χ0v) is 20.2. The van der Waals surface area contributed by atoms with Gasteiger partial charge in [-0.05, 0) is 67.3 Å². The Labute approximate surface area is 199 Å². The van der Waals surface area contributed by atoms with Gasteiger partial charge in [0.25, 0.3) is 20.0 Å². The van der Waals surface area contributed by atoms with Crippen LogP contribution in [-0.4, -0.2) is 40.9 Å². The van der Waals surface area contributed by atoms with E-state index in [9.17, 15) is 21.6 Å². The zero-order chi connectivity index (χ0) is 24.3. The molecule has 0 saturated carbocycles. The van der Waals surface area contributed by atoms with Crippen LogP contribution in [0.1, 0.15) is 16.7 Å². The smallest absolute Gasteiger partial charge is 0.323 e. The number of hydrogen-bond acceptors (Lipinski definition) is 5. The Bertz CT molecular complexity index is 1400. The van der Waals surface area contributed by atoms with Crippen molar-refractivity contribution in [1.82, 2.24) is 9.62 Å². The van der Waals surface area contributed by atoms with Gasteiger partial charge in [0.05, 0.1) is 9.79 Å². The van der Waals surface area contributed by atoms with Gasteiger partial charge in [0.1, 0.15) is 0 Å². The highest BCUT2D eigenvalue weighted by Crippen LogP contribution is 2.23. The van der Waals surface area contributed by atoms with Crippen LogP contribution in [0.3, 0.4) is 0 Å². The van der Waals surface area contributed by atoms with Gasteiger partial charge in [-0.1, -0.05) is 42.0 Å². The van der Waals surface area contributed by atoms with Crippen LogP contribution < -0.4 is 9.44 Å². The fraction of sp³-hybridized carbons (Fsp3) is 0.208. The molecule has 34 heavy (non-hydrogen) atoms. The standard InChI is InChI=1S/C24H25N3O5S2/c1-18-7-11-23(12-8-18)34(31,32)26-24(28)27-15-13-19-9-10-21(17-20(19)14-16-27)25-33(29,30)22-5-3-2-4-6-22/h2-12,17,25H,13-16H2,1H3,(H,26,28). The predicted octanol–water partition coefficient (Wildman–Crippen LogP) is 3.29. The number of urea groups is 1. The summed E-state index contributed by atoms with van der Waals surface area (Å²) in [5.74, 6) is 0. The van der Waals surface area contributed by atoms with Gasteiger partial charge in [-0.2, -0.15) is 0 Å². The van der Waals surface area contributed by atoms with Crippen LogP contribution in [0.4, 0.5) is 10.5 Å². The van der Waals surface area contributed by atoms with E-state index < -0.39 is 26.1 Å². The van der Waals surface area contributed by atoms with Crippen LogP contribution in [0.2, 0.25) is 0 Å². The third kappa shape index (κ3) is 5.40. The largest absolute Gasteiger partial charge is 0.331 e. The highest BCUT2D eigenvalue weighted by Gasteiger charge is 2.24. The molecule has 2 N–H and O–H groups in total. The van der Waals surface area contributed by atoms with E-state index in [2.05, 4.69) is 9.44 Å². The minimum atomic E-state index is -3.98. The molecule has 0 fully saturated rings. The molecule has 0 radical (unpaired) electrons. The lowest BCUT2D eigenvalue weighted by molar-refractivity contribution is 0.206. The second-order valence-electron chi connectivity index (χ2n) is 8.11. The number of hydrogen-bond donors (Lipinski definition) is 2. The number of benzene rings is 3. The third-order valence-corrected chi connectivity index (χ3v) is 8.39. The summed E-state index contributed by atoms with van der Waals surface area (Å²) in [6.07, 6.45) is 0.993.